The van der Waals surface area contributed by atoms with Crippen LogP contribution in [0.2, 0.25) is 0 Å². The molecule has 0 aliphatic heterocycles. The molecule has 1 unspecified atom stereocenters. The Morgan fingerprint density at radius 2 is 1.83 bits per heavy atom. The third-order valence-electron chi connectivity index (χ3n) is 3.05. The number of hydrogen-bond acceptors (Lipinski definition) is 3. The van der Waals surface area contributed by atoms with Crippen LogP contribution >= 0.6 is 7.60 Å². The maximum Gasteiger partial charge on any atom is 0.403 e. The Morgan fingerprint density at radius 1 is 1.17 bits per heavy atom. The average Bonchev–Trinajstić information content (AvgIpc) is 2.41. The fourth-order valence-electron chi connectivity index (χ4n) is 2.11. The van der Waals surface area contributed by atoms with E-state index in [1.807, 2.05) is 18.2 Å². The van der Waals surface area contributed by atoms with E-state index in [-0.39, 0.29) is 6.10 Å². The largest absolute Gasteiger partial charge is 0.422 e. The van der Waals surface area contributed by atoms with Gasteiger partial charge in [-0.05, 0) is 25.0 Å². The van der Waals surface area contributed by atoms with Gasteiger partial charge in [-0.2, -0.15) is 0 Å². The molecular formula is C14H19O3P. The SMILES string of the molecule is C=CP(=O)(Oc1ccccc1)OC1CCCCC1. The normalized spacial score (nSPS) is 20.0. The molecule has 1 aliphatic rings. The van der Waals surface area contributed by atoms with Crippen molar-refractivity contribution < 1.29 is 13.6 Å². The van der Waals surface area contributed by atoms with Gasteiger partial charge in [0.05, 0.1) is 6.10 Å². The van der Waals surface area contributed by atoms with E-state index in [4.69, 9.17) is 9.05 Å². The first-order valence-corrected chi connectivity index (χ1v) is 7.99. The molecule has 98 valence electrons. The molecule has 1 atom stereocenters. The molecule has 0 amide bonds. The molecule has 18 heavy (non-hydrogen) atoms. The molecule has 0 aromatic heterocycles. The number of benzene rings is 1. The predicted molar refractivity (Wildman–Crippen MR) is 72.8 cm³/mol. The van der Waals surface area contributed by atoms with Crippen LogP contribution in [0.4, 0.5) is 0 Å². The number of para-hydroxylation sites is 1. The van der Waals surface area contributed by atoms with E-state index in [0.29, 0.717) is 5.75 Å². The molecule has 3 nitrogen and oxygen atoms in total. The topological polar surface area (TPSA) is 35.5 Å². The second-order valence-electron chi connectivity index (χ2n) is 4.49. The van der Waals surface area contributed by atoms with Gasteiger partial charge in [0.25, 0.3) is 0 Å². The Hall–Kier alpha value is -1.05. The van der Waals surface area contributed by atoms with Crippen LogP contribution in [-0.4, -0.2) is 6.10 Å². The molecule has 1 aromatic rings. The molecule has 0 bridgehead atoms. The highest BCUT2D eigenvalue weighted by molar-refractivity contribution is 7.57. The molecule has 0 N–H and O–H groups in total. The first-order chi connectivity index (χ1) is 8.72. The fraction of sp³-hybridized carbons (Fsp3) is 0.429. The Labute approximate surface area is 108 Å². The maximum absolute atomic E-state index is 12.5. The summed E-state index contributed by atoms with van der Waals surface area (Å²) in [6.07, 6.45) is 5.44. The van der Waals surface area contributed by atoms with Crippen molar-refractivity contribution >= 4 is 7.60 Å². The summed E-state index contributed by atoms with van der Waals surface area (Å²) in [5.74, 6) is 1.85. The van der Waals surface area contributed by atoms with Crippen LogP contribution in [0.25, 0.3) is 0 Å². The lowest BCUT2D eigenvalue weighted by molar-refractivity contribution is 0.142. The van der Waals surface area contributed by atoms with Gasteiger partial charge < -0.3 is 4.52 Å². The van der Waals surface area contributed by atoms with Crippen LogP contribution in [0, 0.1) is 0 Å². The minimum Gasteiger partial charge on any atom is -0.422 e. The lowest BCUT2D eigenvalue weighted by Crippen LogP contribution is -2.16. The molecular weight excluding hydrogens is 247 g/mol. The summed E-state index contributed by atoms with van der Waals surface area (Å²) in [5, 5.41) is 0. The molecule has 4 heteroatoms. The standard InChI is InChI=1S/C14H19O3P/c1-2-18(15,16-13-9-5-3-6-10-13)17-14-11-7-4-8-12-14/h2-3,5-6,9-10,14H,1,4,7-8,11-12H2. The van der Waals surface area contributed by atoms with E-state index in [2.05, 4.69) is 6.58 Å². The van der Waals surface area contributed by atoms with Crippen LogP contribution < -0.4 is 4.52 Å². The molecule has 0 saturated heterocycles. The zero-order valence-electron chi connectivity index (χ0n) is 10.5. The van der Waals surface area contributed by atoms with Crippen LogP contribution in [0.15, 0.2) is 42.7 Å². The van der Waals surface area contributed by atoms with Gasteiger partial charge in [0, 0.05) is 5.82 Å². The Kier molecular flexibility index (Phi) is 4.62. The first-order valence-electron chi connectivity index (χ1n) is 6.38. The van der Waals surface area contributed by atoms with Crippen molar-refractivity contribution in [1.82, 2.24) is 0 Å². The van der Waals surface area contributed by atoms with E-state index in [1.54, 1.807) is 12.1 Å². The fourth-order valence-corrected chi connectivity index (χ4v) is 3.35. The number of rotatable bonds is 5. The van der Waals surface area contributed by atoms with E-state index in [9.17, 15) is 4.57 Å². The van der Waals surface area contributed by atoms with Crippen LogP contribution in [0.1, 0.15) is 32.1 Å². The lowest BCUT2D eigenvalue weighted by atomic mass is 9.98. The zero-order chi connectivity index (χ0) is 12.8. The highest BCUT2D eigenvalue weighted by atomic mass is 31.2. The van der Waals surface area contributed by atoms with Crippen molar-refractivity contribution in [3.05, 3.63) is 42.7 Å². The van der Waals surface area contributed by atoms with Crippen molar-refractivity contribution in [2.45, 2.75) is 38.2 Å². The van der Waals surface area contributed by atoms with E-state index >= 15 is 0 Å². The molecule has 0 spiro atoms. The van der Waals surface area contributed by atoms with Crippen molar-refractivity contribution in [1.29, 1.82) is 0 Å². The van der Waals surface area contributed by atoms with Crippen LogP contribution in [0.3, 0.4) is 0 Å². The van der Waals surface area contributed by atoms with Gasteiger partial charge in [0.1, 0.15) is 5.75 Å². The van der Waals surface area contributed by atoms with E-state index in [1.165, 1.54) is 12.2 Å². The first kappa shape index (κ1) is 13.4. The predicted octanol–water partition coefficient (Wildman–Crippen LogP) is 4.75. The molecule has 0 heterocycles. The van der Waals surface area contributed by atoms with E-state index in [0.717, 1.165) is 25.7 Å². The average molecular weight is 266 g/mol. The maximum atomic E-state index is 12.5. The van der Waals surface area contributed by atoms with Gasteiger partial charge >= 0.3 is 7.60 Å². The van der Waals surface area contributed by atoms with E-state index < -0.39 is 7.60 Å². The summed E-state index contributed by atoms with van der Waals surface area (Å²) >= 11 is 0. The molecule has 0 radical (unpaired) electrons. The monoisotopic (exact) mass is 266 g/mol. The molecule has 1 aliphatic carbocycles. The van der Waals surface area contributed by atoms with Crippen molar-refractivity contribution in [2.24, 2.45) is 0 Å². The van der Waals surface area contributed by atoms with Gasteiger partial charge in [-0.25, -0.2) is 4.57 Å². The summed E-state index contributed by atoms with van der Waals surface area (Å²) in [4.78, 5) is 0. The summed E-state index contributed by atoms with van der Waals surface area (Å²) in [6, 6.07) is 9.08. The molecule has 2 rings (SSSR count). The van der Waals surface area contributed by atoms with Gasteiger partial charge in [-0.15, -0.1) is 0 Å². The molecule has 1 saturated carbocycles. The Morgan fingerprint density at radius 3 is 2.44 bits per heavy atom. The van der Waals surface area contributed by atoms with Gasteiger partial charge in [0.2, 0.25) is 0 Å². The quantitative estimate of drug-likeness (QED) is 0.721. The Bertz CT molecular complexity index is 424. The van der Waals surface area contributed by atoms with Crippen LogP contribution in [0.5, 0.6) is 5.75 Å². The highest BCUT2D eigenvalue weighted by Gasteiger charge is 2.27. The van der Waals surface area contributed by atoms with Gasteiger partial charge in [0.15, 0.2) is 0 Å². The summed E-state index contributed by atoms with van der Waals surface area (Å²) in [6.45, 7) is 3.58. The summed E-state index contributed by atoms with van der Waals surface area (Å²) < 4.78 is 23.6. The molecule has 1 aromatic carbocycles. The smallest absolute Gasteiger partial charge is 0.403 e. The van der Waals surface area contributed by atoms with Crippen LogP contribution in [-0.2, 0) is 9.09 Å². The van der Waals surface area contributed by atoms with Gasteiger partial charge in [-0.1, -0.05) is 44.0 Å². The summed E-state index contributed by atoms with van der Waals surface area (Å²) in [5.41, 5.74) is 0. The second-order valence-corrected chi connectivity index (χ2v) is 6.33. The second kappa shape index (κ2) is 6.21. The van der Waals surface area contributed by atoms with Gasteiger partial charge in [-0.3, -0.25) is 4.52 Å². The van der Waals surface area contributed by atoms with Crippen molar-refractivity contribution in [2.75, 3.05) is 0 Å². The summed E-state index contributed by atoms with van der Waals surface area (Å²) in [7, 11) is -3.23. The third-order valence-corrected chi connectivity index (χ3v) is 4.55. The zero-order valence-corrected chi connectivity index (χ0v) is 11.4. The highest BCUT2D eigenvalue weighted by Crippen LogP contribution is 2.51. The number of hydrogen-bond donors (Lipinski definition) is 0. The Balaban J connectivity index is 2.01. The molecule has 1 fully saturated rings. The van der Waals surface area contributed by atoms with Crippen molar-refractivity contribution in [3.8, 4) is 5.75 Å². The lowest BCUT2D eigenvalue weighted by Gasteiger charge is -2.25. The van der Waals surface area contributed by atoms with Crippen molar-refractivity contribution in [3.63, 3.8) is 0 Å². The minimum absolute atomic E-state index is 0.0336. The third kappa shape index (κ3) is 3.72. The minimum atomic E-state index is -3.23.